The molecule has 13 heteroatoms. The lowest BCUT2D eigenvalue weighted by molar-refractivity contribution is -0.143. The van der Waals surface area contributed by atoms with Crippen LogP contribution >= 0.6 is 0 Å². The molecular weight excluding hydrogens is 605 g/mol. The van der Waals surface area contributed by atoms with Gasteiger partial charge in [-0.25, -0.2) is 4.39 Å². The minimum atomic E-state index is -5.06. The molecule has 2 heterocycles. The van der Waals surface area contributed by atoms with E-state index in [9.17, 15) is 40.3 Å². The second-order valence-corrected chi connectivity index (χ2v) is 11.3. The Kier molecular flexibility index (Phi) is 9.49. The normalized spacial score (nSPS) is 20.2. The summed E-state index contributed by atoms with van der Waals surface area (Å²) in [5, 5.41) is 2.75. The maximum absolute atomic E-state index is 13.5. The van der Waals surface area contributed by atoms with Crippen molar-refractivity contribution in [1.29, 1.82) is 0 Å². The van der Waals surface area contributed by atoms with Crippen LogP contribution in [0, 0.1) is 5.82 Å². The molecule has 3 aromatic rings. The second kappa shape index (κ2) is 13.2. The number of rotatable bonds is 6. The maximum Gasteiger partial charge on any atom is 0.416 e. The summed E-state index contributed by atoms with van der Waals surface area (Å²) in [5.74, 6) is -1.76. The van der Waals surface area contributed by atoms with Crippen LogP contribution in [0.4, 0.5) is 36.4 Å². The summed E-state index contributed by atoms with van der Waals surface area (Å²) in [6.45, 7) is 2.83. The summed E-state index contributed by atoms with van der Waals surface area (Å²) in [4.78, 5) is 31.6. The number of piperidine rings is 1. The van der Waals surface area contributed by atoms with Crippen molar-refractivity contribution in [2.45, 2.75) is 30.7 Å². The van der Waals surface area contributed by atoms with Gasteiger partial charge in [-0.2, -0.15) is 26.3 Å². The quantitative estimate of drug-likeness (QED) is 0.332. The topological polar surface area (TPSA) is 55.9 Å². The Morgan fingerprint density at radius 2 is 1.38 bits per heavy atom. The average Bonchev–Trinajstić information content (AvgIpc) is 3.01. The van der Waals surface area contributed by atoms with Gasteiger partial charge in [0, 0.05) is 62.5 Å². The Hall–Kier alpha value is -3.97. The number of piperazine rings is 1. The lowest BCUT2D eigenvalue weighted by atomic mass is 9.84. The first kappa shape index (κ1) is 32.4. The van der Waals surface area contributed by atoms with Crippen LogP contribution in [-0.4, -0.2) is 78.4 Å². The van der Waals surface area contributed by atoms with Gasteiger partial charge in [0.1, 0.15) is 5.82 Å². The molecule has 45 heavy (non-hydrogen) atoms. The number of nitrogens with one attached hydrogen (secondary N) is 1. The fraction of sp³-hybridized carbons (Fsp3) is 0.375. The smallest absolute Gasteiger partial charge is 0.338 e. The van der Waals surface area contributed by atoms with E-state index in [0.29, 0.717) is 50.4 Å². The van der Waals surface area contributed by atoms with Crippen LogP contribution in [0.1, 0.15) is 39.4 Å². The number of halogens is 7. The molecule has 6 nitrogen and oxygen atoms in total. The summed E-state index contributed by atoms with van der Waals surface area (Å²) in [5.41, 5.74) is -2.32. The van der Waals surface area contributed by atoms with Crippen LogP contribution in [0.2, 0.25) is 0 Å². The number of benzene rings is 3. The van der Waals surface area contributed by atoms with Gasteiger partial charge in [0.05, 0.1) is 17.7 Å². The second-order valence-electron chi connectivity index (χ2n) is 11.3. The van der Waals surface area contributed by atoms with Gasteiger partial charge in [-0.3, -0.25) is 19.4 Å². The average molecular weight is 637 g/mol. The number of alkyl halides is 6. The monoisotopic (exact) mass is 636 g/mol. The molecule has 0 aliphatic carbocycles. The molecule has 5 rings (SSSR count). The molecule has 3 aromatic carbocycles. The molecule has 2 saturated heterocycles. The molecular formula is C32H31F7N4O2. The van der Waals surface area contributed by atoms with Crippen molar-refractivity contribution in [1.82, 2.24) is 14.7 Å². The van der Waals surface area contributed by atoms with E-state index in [0.717, 1.165) is 5.56 Å². The van der Waals surface area contributed by atoms with Crippen molar-refractivity contribution in [3.63, 3.8) is 0 Å². The Bertz CT molecular complexity index is 1460. The number of carbonyl (C=O) groups excluding carboxylic acids is 2. The van der Waals surface area contributed by atoms with Crippen molar-refractivity contribution in [2.24, 2.45) is 0 Å². The Labute approximate surface area is 255 Å². The first-order valence-electron chi connectivity index (χ1n) is 14.4. The molecule has 2 atom stereocenters. The van der Waals surface area contributed by atoms with Crippen LogP contribution in [-0.2, 0) is 17.1 Å². The third-order valence-electron chi connectivity index (χ3n) is 8.30. The molecule has 240 valence electrons. The van der Waals surface area contributed by atoms with Crippen LogP contribution in [0.5, 0.6) is 0 Å². The van der Waals surface area contributed by atoms with Gasteiger partial charge >= 0.3 is 12.4 Å². The van der Waals surface area contributed by atoms with Gasteiger partial charge in [0.15, 0.2) is 0 Å². The zero-order valence-electron chi connectivity index (χ0n) is 24.0. The SMILES string of the molecule is O=C(CN1CCN(C2CCN(C(=O)c3cc(C(F)(F)F)cc(C(F)(F)F)c3)CC2c2ccccc2)CC1)Nc1ccc(F)cc1. The third-order valence-corrected chi connectivity index (χ3v) is 8.30. The number of carbonyl (C=O) groups is 2. The van der Waals surface area contributed by atoms with Gasteiger partial charge in [-0.15, -0.1) is 0 Å². The maximum atomic E-state index is 13.5. The number of hydrogen-bond acceptors (Lipinski definition) is 4. The molecule has 0 saturated carbocycles. The molecule has 0 aromatic heterocycles. The zero-order chi connectivity index (χ0) is 32.4. The molecule has 2 aliphatic rings. The van der Waals surface area contributed by atoms with Gasteiger partial charge < -0.3 is 10.2 Å². The number of likely N-dealkylation sites (tertiary alicyclic amines) is 1. The van der Waals surface area contributed by atoms with Crippen molar-refractivity contribution >= 4 is 17.5 Å². The molecule has 2 aliphatic heterocycles. The van der Waals surface area contributed by atoms with E-state index < -0.39 is 40.8 Å². The highest BCUT2D eigenvalue weighted by Crippen LogP contribution is 2.38. The summed E-state index contributed by atoms with van der Waals surface area (Å²) < 4.78 is 93.9. The Morgan fingerprint density at radius 1 is 0.778 bits per heavy atom. The van der Waals surface area contributed by atoms with Crippen LogP contribution in [0.3, 0.4) is 0 Å². The Balaban J connectivity index is 1.28. The van der Waals surface area contributed by atoms with Crippen molar-refractivity contribution in [3.05, 3.63) is 101 Å². The molecule has 2 fully saturated rings. The standard InChI is InChI=1S/C32H31F7N4O2/c33-25-6-8-26(9-7-25)40-29(44)20-41-12-14-42(15-13-41)28-10-11-43(19-27(28)21-4-2-1-3-5-21)30(45)22-16-23(31(34,35)36)18-24(17-22)32(37,38)39/h1-9,16-18,27-28H,10-15,19-20H2,(H,40,44). The number of nitrogens with zero attached hydrogens (tertiary/aromatic N) is 3. The van der Waals surface area contributed by atoms with Crippen LogP contribution in [0.25, 0.3) is 0 Å². The van der Waals surface area contributed by atoms with E-state index in [4.69, 9.17) is 0 Å². The third kappa shape index (κ3) is 8.01. The molecule has 0 radical (unpaired) electrons. The van der Waals surface area contributed by atoms with E-state index in [1.807, 2.05) is 35.2 Å². The first-order valence-corrected chi connectivity index (χ1v) is 14.4. The summed E-state index contributed by atoms with van der Waals surface area (Å²) in [7, 11) is 0. The van der Waals surface area contributed by atoms with E-state index in [-0.39, 0.29) is 43.6 Å². The minimum Gasteiger partial charge on any atom is -0.338 e. The highest BCUT2D eigenvalue weighted by molar-refractivity contribution is 5.95. The predicted octanol–water partition coefficient (Wildman–Crippen LogP) is 6.12. The van der Waals surface area contributed by atoms with Gasteiger partial charge in [0.2, 0.25) is 5.91 Å². The highest BCUT2D eigenvalue weighted by atomic mass is 19.4. The Morgan fingerprint density at radius 3 is 1.96 bits per heavy atom. The molecule has 0 spiro atoms. The number of amides is 2. The largest absolute Gasteiger partial charge is 0.416 e. The van der Waals surface area contributed by atoms with Gasteiger partial charge in [0.25, 0.3) is 5.91 Å². The summed E-state index contributed by atoms with van der Waals surface area (Å²) in [6.07, 6.45) is -9.65. The van der Waals surface area contributed by atoms with Crippen LogP contribution in [0.15, 0.2) is 72.8 Å². The molecule has 2 amide bonds. The molecule has 0 bridgehead atoms. The van der Waals surface area contributed by atoms with Crippen molar-refractivity contribution in [2.75, 3.05) is 51.1 Å². The molecule has 2 unspecified atom stereocenters. The fourth-order valence-corrected chi connectivity index (χ4v) is 6.04. The molecule has 1 N–H and O–H groups in total. The predicted molar refractivity (Wildman–Crippen MR) is 153 cm³/mol. The van der Waals surface area contributed by atoms with E-state index in [2.05, 4.69) is 10.2 Å². The fourth-order valence-electron chi connectivity index (χ4n) is 6.04. The number of hydrogen-bond donors (Lipinski definition) is 1. The van der Waals surface area contributed by atoms with Gasteiger partial charge in [-0.05, 0) is 54.4 Å². The summed E-state index contributed by atoms with van der Waals surface area (Å²) in [6, 6.07) is 15.7. The van der Waals surface area contributed by atoms with E-state index in [1.54, 1.807) is 0 Å². The van der Waals surface area contributed by atoms with Crippen molar-refractivity contribution < 1.29 is 40.3 Å². The minimum absolute atomic E-state index is 0.0157. The lowest BCUT2D eigenvalue weighted by Gasteiger charge is -2.47. The van der Waals surface area contributed by atoms with Crippen LogP contribution < -0.4 is 5.32 Å². The van der Waals surface area contributed by atoms with E-state index in [1.165, 1.54) is 29.2 Å². The van der Waals surface area contributed by atoms with Gasteiger partial charge in [-0.1, -0.05) is 30.3 Å². The van der Waals surface area contributed by atoms with E-state index >= 15 is 0 Å². The highest BCUT2D eigenvalue weighted by Gasteiger charge is 2.40. The first-order chi connectivity index (χ1) is 21.3. The summed E-state index contributed by atoms with van der Waals surface area (Å²) >= 11 is 0. The zero-order valence-corrected chi connectivity index (χ0v) is 24.0. The number of anilines is 1. The lowest BCUT2D eigenvalue weighted by Crippen LogP contribution is -2.57. The van der Waals surface area contributed by atoms with Crippen molar-refractivity contribution in [3.8, 4) is 0 Å².